The lowest BCUT2D eigenvalue weighted by Gasteiger charge is -2.60. The van der Waals surface area contributed by atoms with Gasteiger partial charge in [0.1, 0.15) is 5.41 Å². The van der Waals surface area contributed by atoms with Gasteiger partial charge in [-0.3, -0.25) is 4.79 Å². The van der Waals surface area contributed by atoms with E-state index in [1.807, 2.05) is 30.3 Å². The Balaban J connectivity index is 1.66. The van der Waals surface area contributed by atoms with Gasteiger partial charge in [-0.1, -0.05) is 42.5 Å². The largest absolute Gasteiger partial charge is 0.468 e. The summed E-state index contributed by atoms with van der Waals surface area (Å²) in [6.45, 7) is -0.146. The topological polar surface area (TPSA) is 94.5 Å². The van der Waals surface area contributed by atoms with Gasteiger partial charge < -0.3 is 29.2 Å². The zero-order valence-electron chi connectivity index (χ0n) is 15.6. The Hall–Kier alpha value is -1.77. The average Bonchev–Trinajstić information content (AvgIpc) is 3.17. The van der Waals surface area contributed by atoms with Crippen molar-refractivity contribution in [1.29, 1.82) is 0 Å². The number of aliphatic hydroxyl groups is 2. The molecule has 0 amide bonds. The Kier molecular flexibility index (Phi) is 4.16. The van der Waals surface area contributed by atoms with Crippen LogP contribution in [0.15, 0.2) is 42.5 Å². The van der Waals surface area contributed by atoms with Crippen molar-refractivity contribution in [2.45, 2.75) is 37.1 Å². The maximum absolute atomic E-state index is 13.1. The average molecular weight is 388 g/mol. The molecule has 28 heavy (non-hydrogen) atoms. The molecule has 3 fully saturated rings. The Morgan fingerprint density at radius 2 is 2.00 bits per heavy atom. The second kappa shape index (κ2) is 6.37. The molecule has 2 aliphatic heterocycles. The standard InChI is InChI=1S/C21H24O7/c1-25-19(24)21-11-26-16-13(23)7-8-20(10-22,17(16)21)14-9-15(21)28-18(27-14)12-5-3-2-4-6-12/h2-8,13-18,22-23H,9-11H2,1H3/t13?,14-,15+,16-,17+,18+,20+,21-/m0/s1. The van der Waals surface area contributed by atoms with Crippen molar-refractivity contribution >= 4 is 5.97 Å². The molecule has 1 aromatic carbocycles. The maximum atomic E-state index is 13.1. The van der Waals surface area contributed by atoms with E-state index in [9.17, 15) is 15.0 Å². The summed E-state index contributed by atoms with van der Waals surface area (Å²) in [5, 5.41) is 21.0. The zero-order chi connectivity index (χ0) is 19.5. The molecule has 0 aromatic heterocycles. The molecule has 7 nitrogen and oxygen atoms in total. The number of fused-ring (bicyclic) bond motifs is 4. The number of esters is 1. The lowest BCUT2D eigenvalue weighted by Crippen LogP contribution is -2.69. The molecular formula is C21H24O7. The zero-order valence-corrected chi connectivity index (χ0v) is 15.6. The lowest BCUT2D eigenvalue weighted by molar-refractivity contribution is -0.329. The fourth-order valence-corrected chi connectivity index (χ4v) is 5.73. The van der Waals surface area contributed by atoms with E-state index in [1.54, 1.807) is 12.2 Å². The minimum absolute atomic E-state index is 0.0778. The summed E-state index contributed by atoms with van der Waals surface area (Å²) in [6.07, 6.45) is 0.860. The van der Waals surface area contributed by atoms with Crippen LogP contribution in [0.2, 0.25) is 0 Å². The fraction of sp³-hybridized carbons (Fsp3) is 0.571. The van der Waals surface area contributed by atoms with Crippen LogP contribution in [0, 0.1) is 16.7 Å². The van der Waals surface area contributed by atoms with E-state index >= 15 is 0 Å². The molecule has 8 atom stereocenters. The van der Waals surface area contributed by atoms with Crippen molar-refractivity contribution in [2.75, 3.05) is 20.3 Å². The van der Waals surface area contributed by atoms with Crippen molar-refractivity contribution in [1.82, 2.24) is 0 Å². The monoisotopic (exact) mass is 388 g/mol. The summed E-state index contributed by atoms with van der Waals surface area (Å²) < 4.78 is 23.7. The summed E-state index contributed by atoms with van der Waals surface area (Å²) >= 11 is 0. The summed E-state index contributed by atoms with van der Waals surface area (Å²) in [5.41, 5.74) is -1.12. The van der Waals surface area contributed by atoms with Crippen molar-refractivity contribution in [3.63, 3.8) is 0 Å². The number of benzene rings is 1. The molecule has 0 spiro atoms. The molecule has 2 aliphatic carbocycles. The number of ether oxygens (including phenoxy) is 4. The van der Waals surface area contributed by atoms with Crippen molar-refractivity contribution in [2.24, 2.45) is 16.7 Å². The SMILES string of the molecule is COC(=O)[C@@]12CO[C@H]3C(O)C=C[C@@](CO)([C@@H]4C[C@H]1O[C@H](c1ccccc1)O4)[C@@H]32. The normalized spacial score (nSPS) is 46.1. The second-order valence-electron chi connectivity index (χ2n) is 8.13. The van der Waals surface area contributed by atoms with Gasteiger partial charge in [0.2, 0.25) is 0 Å². The number of carbonyl (C=O) groups is 1. The van der Waals surface area contributed by atoms with Crippen LogP contribution in [-0.2, 0) is 23.7 Å². The molecule has 7 heteroatoms. The minimum atomic E-state index is -1.11. The maximum Gasteiger partial charge on any atom is 0.317 e. The van der Waals surface area contributed by atoms with Gasteiger partial charge in [0.25, 0.3) is 0 Å². The molecule has 2 saturated heterocycles. The van der Waals surface area contributed by atoms with Crippen molar-refractivity contribution in [3.05, 3.63) is 48.0 Å². The van der Waals surface area contributed by atoms with Crippen LogP contribution in [0.1, 0.15) is 18.3 Å². The molecule has 2 heterocycles. The third kappa shape index (κ3) is 2.19. The van der Waals surface area contributed by atoms with E-state index < -0.39 is 47.3 Å². The van der Waals surface area contributed by atoms with Gasteiger partial charge >= 0.3 is 5.97 Å². The molecule has 150 valence electrons. The third-order valence-electron chi connectivity index (χ3n) is 7.01. The first kappa shape index (κ1) is 18.3. The van der Waals surface area contributed by atoms with E-state index in [1.165, 1.54) is 7.11 Å². The third-order valence-corrected chi connectivity index (χ3v) is 7.01. The van der Waals surface area contributed by atoms with Crippen LogP contribution in [-0.4, -0.2) is 60.9 Å². The molecule has 0 radical (unpaired) electrons. The van der Waals surface area contributed by atoms with E-state index in [2.05, 4.69) is 0 Å². The van der Waals surface area contributed by atoms with Gasteiger partial charge in [0.15, 0.2) is 6.29 Å². The predicted octanol–water partition coefficient (Wildman–Crippen LogP) is 0.957. The lowest BCUT2D eigenvalue weighted by atomic mass is 9.49. The molecule has 1 unspecified atom stereocenters. The summed E-state index contributed by atoms with van der Waals surface area (Å²) in [5.74, 6) is -0.935. The van der Waals surface area contributed by atoms with E-state index in [4.69, 9.17) is 18.9 Å². The van der Waals surface area contributed by atoms with Gasteiger partial charge in [-0.2, -0.15) is 0 Å². The number of aliphatic hydroxyl groups excluding tert-OH is 2. The quantitative estimate of drug-likeness (QED) is 0.588. The summed E-state index contributed by atoms with van der Waals surface area (Å²) in [7, 11) is 1.35. The molecule has 2 N–H and O–H groups in total. The van der Waals surface area contributed by atoms with Gasteiger partial charge in [0, 0.05) is 23.3 Å². The number of hydrogen-bond acceptors (Lipinski definition) is 7. The Morgan fingerprint density at radius 1 is 1.25 bits per heavy atom. The molecule has 1 aromatic rings. The Bertz CT molecular complexity index is 795. The van der Waals surface area contributed by atoms with Gasteiger partial charge in [-0.25, -0.2) is 0 Å². The first-order valence-electron chi connectivity index (χ1n) is 9.61. The number of methoxy groups -OCH3 is 1. The molecule has 5 rings (SSSR count). The van der Waals surface area contributed by atoms with E-state index in [-0.39, 0.29) is 19.3 Å². The minimum Gasteiger partial charge on any atom is -0.468 e. The number of hydrogen-bond donors (Lipinski definition) is 2. The highest BCUT2D eigenvalue weighted by Gasteiger charge is 2.74. The molecule has 4 aliphatic rings. The second-order valence-corrected chi connectivity index (χ2v) is 8.13. The first-order chi connectivity index (χ1) is 13.6. The first-order valence-corrected chi connectivity index (χ1v) is 9.61. The van der Waals surface area contributed by atoms with Gasteiger partial charge in [-0.15, -0.1) is 0 Å². The smallest absolute Gasteiger partial charge is 0.317 e. The van der Waals surface area contributed by atoms with Gasteiger partial charge in [0.05, 0.1) is 44.7 Å². The van der Waals surface area contributed by atoms with Gasteiger partial charge in [-0.05, 0) is 0 Å². The van der Waals surface area contributed by atoms with E-state index in [0.717, 1.165) is 5.56 Å². The van der Waals surface area contributed by atoms with Crippen LogP contribution >= 0.6 is 0 Å². The molecular weight excluding hydrogens is 364 g/mol. The predicted molar refractivity (Wildman–Crippen MR) is 95.9 cm³/mol. The molecule has 1 saturated carbocycles. The Labute approximate surface area is 162 Å². The van der Waals surface area contributed by atoms with Crippen LogP contribution in [0.4, 0.5) is 0 Å². The summed E-state index contributed by atoms with van der Waals surface area (Å²) in [6, 6.07) is 9.54. The van der Waals surface area contributed by atoms with Crippen molar-refractivity contribution < 1.29 is 34.0 Å². The highest BCUT2D eigenvalue weighted by molar-refractivity contribution is 5.79. The van der Waals surface area contributed by atoms with Crippen LogP contribution in [0.5, 0.6) is 0 Å². The fourth-order valence-electron chi connectivity index (χ4n) is 5.73. The molecule has 2 bridgehead atoms. The van der Waals surface area contributed by atoms with Crippen molar-refractivity contribution in [3.8, 4) is 0 Å². The highest BCUT2D eigenvalue weighted by atomic mass is 16.7. The number of carbonyl (C=O) groups excluding carboxylic acids is 1. The Morgan fingerprint density at radius 3 is 2.71 bits per heavy atom. The van der Waals surface area contributed by atoms with Crippen LogP contribution in [0.25, 0.3) is 0 Å². The summed E-state index contributed by atoms with van der Waals surface area (Å²) in [4.78, 5) is 13.1. The highest BCUT2D eigenvalue weighted by Crippen LogP contribution is 2.64. The number of rotatable bonds is 3. The van der Waals surface area contributed by atoms with E-state index in [0.29, 0.717) is 6.42 Å². The van der Waals surface area contributed by atoms with Crippen LogP contribution in [0.3, 0.4) is 0 Å². The van der Waals surface area contributed by atoms with Crippen LogP contribution < -0.4 is 0 Å².